The lowest BCUT2D eigenvalue weighted by molar-refractivity contribution is 0.452. The lowest BCUT2D eigenvalue weighted by Gasteiger charge is -2.14. The van der Waals surface area contributed by atoms with E-state index in [0.29, 0.717) is 11.5 Å². The summed E-state index contributed by atoms with van der Waals surface area (Å²) in [6.07, 6.45) is 0. The predicted molar refractivity (Wildman–Crippen MR) is 70.4 cm³/mol. The zero-order chi connectivity index (χ0) is 13.1. The molecule has 0 heterocycles. The number of aromatic hydroxyl groups is 2. The average Bonchev–Trinajstić information content (AvgIpc) is 2.34. The molecule has 18 heavy (non-hydrogen) atoms. The number of benzene rings is 2. The highest BCUT2D eigenvalue weighted by atomic mass is 16.5. The first kappa shape index (κ1) is 12.3. The first-order valence-electron chi connectivity index (χ1n) is 5.86. The number of rotatable bonds is 3. The molecule has 0 aliphatic heterocycles. The Bertz CT molecular complexity index is 530. The van der Waals surface area contributed by atoms with E-state index in [-0.39, 0.29) is 17.4 Å². The summed E-state index contributed by atoms with van der Waals surface area (Å²) in [5, 5.41) is 18.7. The molecule has 3 nitrogen and oxygen atoms in total. The van der Waals surface area contributed by atoms with Crippen molar-refractivity contribution in [2.45, 2.75) is 19.8 Å². The van der Waals surface area contributed by atoms with Crippen LogP contribution in [0.4, 0.5) is 0 Å². The number of phenols is 2. The van der Waals surface area contributed by atoms with Crippen LogP contribution in [-0.4, -0.2) is 10.2 Å². The van der Waals surface area contributed by atoms with Crippen molar-refractivity contribution in [1.82, 2.24) is 0 Å². The number of phenolic OH excluding ortho intramolecular Hbond substituents is 2. The lowest BCUT2D eigenvalue weighted by Crippen LogP contribution is -1.93. The molecular weight excluding hydrogens is 228 g/mol. The fourth-order valence-corrected chi connectivity index (χ4v) is 1.72. The summed E-state index contributed by atoms with van der Waals surface area (Å²) >= 11 is 0. The van der Waals surface area contributed by atoms with Crippen molar-refractivity contribution in [1.29, 1.82) is 0 Å². The second kappa shape index (κ2) is 5.00. The normalized spacial score (nSPS) is 10.6. The highest BCUT2D eigenvalue weighted by Gasteiger charge is 2.09. The zero-order valence-corrected chi connectivity index (χ0v) is 10.4. The van der Waals surface area contributed by atoms with Gasteiger partial charge < -0.3 is 14.9 Å². The number of ether oxygens (including phenoxy) is 1. The molecule has 0 atom stereocenters. The maximum atomic E-state index is 9.50. The van der Waals surface area contributed by atoms with Crippen LogP contribution in [-0.2, 0) is 0 Å². The molecule has 2 N–H and O–H groups in total. The third kappa shape index (κ3) is 2.74. The first-order chi connectivity index (χ1) is 8.56. The summed E-state index contributed by atoms with van der Waals surface area (Å²) in [6.45, 7) is 4.08. The summed E-state index contributed by atoms with van der Waals surface area (Å²) in [6, 6.07) is 11.6. The van der Waals surface area contributed by atoms with Gasteiger partial charge in [0.25, 0.3) is 0 Å². The van der Waals surface area contributed by atoms with E-state index in [4.69, 9.17) is 4.74 Å². The van der Waals surface area contributed by atoms with Crippen LogP contribution >= 0.6 is 0 Å². The van der Waals surface area contributed by atoms with Gasteiger partial charge in [0, 0.05) is 5.56 Å². The van der Waals surface area contributed by atoms with Crippen molar-refractivity contribution in [2.75, 3.05) is 0 Å². The Hall–Kier alpha value is -2.16. The summed E-state index contributed by atoms with van der Waals surface area (Å²) in [4.78, 5) is 0. The fourth-order valence-electron chi connectivity index (χ4n) is 1.72. The van der Waals surface area contributed by atoms with Crippen LogP contribution < -0.4 is 4.74 Å². The molecular formula is C15H16O3. The smallest absolute Gasteiger partial charge is 0.131 e. The van der Waals surface area contributed by atoms with Gasteiger partial charge in [0.2, 0.25) is 0 Å². The highest BCUT2D eigenvalue weighted by molar-refractivity contribution is 5.44. The Kier molecular flexibility index (Phi) is 3.42. The van der Waals surface area contributed by atoms with Crippen LogP contribution in [0.3, 0.4) is 0 Å². The topological polar surface area (TPSA) is 49.7 Å². The van der Waals surface area contributed by atoms with Crippen molar-refractivity contribution in [3.05, 3.63) is 48.0 Å². The van der Waals surface area contributed by atoms with Crippen molar-refractivity contribution >= 4 is 0 Å². The minimum absolute atomic E-state index is 0.206. The summed E-state index contributed by atoms with van der Waals surface area (Å²) in [5.74, 6) is 2.06. The van der Waals surface area contributed by atoms with Gasteiger partial charge in [0.15, 0.2) is 0 Å². The molecule has 0 saturated heterocycles. The minimum atomic E-state index is 0.206. The fraction of sp³-hybridized carbons (Fsp3) is 0.200. The molecule has 0 bridgehead atoms. The lowest BCUT2D eigenvalue weighted by atomic mass is 10.0. The standard InChI is InChI=1S/C15H16O3/c1-10(2)14-9-12(17)5-8-15(14)18-13-6-3-11(16)4-7-13/h3-10,16-17H,1-2H3. The summed E-state index contributed by atoms with van der Waals surface area (Å²) < 4.78 is 5.76. The van der Waals surface area contributed by atoms with Gasteiger partial charge in [0.05, 0.1) is 0 Å². The van der Waals surface area contributed by atoms with E-state index < -0.39 is 0 Å². The van der Waals surface area contributed by atoms with E-state index in [1.165, 1.54) is 0 Å². The van der Waals surface area contributed by atoms with Gasteiger partial charge in [-0.25, -0.2) is 0 Å². The maximum absolute atomic E-state index is 9.50. The van der Waals surface area contributed by atoms with Gasteiger partial charge in [-0.3, -0.25) is 0 Å². The zero-order valence-electron chi connectivity index (χ0n) is 10.4. The molecule has 0 aliphatic rings. The maximum Gasteiger partial charge on any atom is 0.131 e. The largest absolute Gasteiger partial charge is 0.508 e. The molecule has 94 valence electrons. The van der Waals surface area contributed by atoms with E-state index in [2.05, 4.69) is 0 Å². The molecule has 2 aromatic carbocycles. The van der Waals surface area contributed by atoms with Gasteiger partial charge in [-0.05, 0) is 48.4 Å². The average molecular weight is 244 g/mol. The molecule has 0 saturated carbocycles. The van der Waals surface area contributed by atoms with Crippen molar-refractivity contribution < 1.29 is 14.9 Å². The Morgan fingerprint density at radius 2 is 1.50 bits per heavy atom. The van der Waals surface area contributed by atoms with E-state index in [0.717, 1.165) is 5.56 Å². The molecule has 0 radical (unpaired) electrons. The van der Waals surface area contributed by atoms with Crippen LogP contribution in [0, 0.1) is 0 Å². The third-order valence-electron chi connectivity index (χ3n) is 2.68. The van der Waals surface area contributed by atoms with Crippen LogP contribution in [0.1, 0.15) is 25.3 Å². The summed E-state index contributed by atoms with van der Waals surface area (Å²) in [5.41, 5.74) is 0.947. The Labute approximate surface area is 106 Å². The van der Waals surface area contributed by atoms with E-state index in [9.17, 15) is 10.2 Å². The van der Waals surface area contributed by atoms with E-state index in [1.54, 1.807) is 42.5 Å². The second-order valence-electron chi connectivity index (χ2n) is 4.47. The van der Waals surface area contributed by atoms with Gasteiger partial charge in [-0.1, -0.05) is 13.8 Å². The van der Waals surface area contributed by atoms with Crippen LogP contribution in [0.25, 0.3) is 0 Å². The molecule has 0 fully saturated rings. The molecule has 0 amide bonds. The number of hydrogen-bond acceptors (Lipinski definition) is 3. The van der Waals surface area contributed by atoms with Crippen LogP contribution in [0.15, 0.2) is 42.5 Å². The Morgan fingerprint density at radius 3 is 2.11 bits per heavy atom. The third-order valence-corrected chi connectivity index (χ3v) is 2.68. The molecule has 2 rings (SSSR count). The van der Waals surface area contributed by atoms with Gasteiger partial charge >= 0.3 is 0 Å². The predicted octanol–water partition coefficient (Wildman–Crippen LogP) is 4.01. The number of hydrogen-bond donors (Lipinski definition) is 2. The minimum Gasteiger partial charge on any atom is -0.508 e. The molecule has 0 spiro atoms. The van der Waals surface area contributed by atoms with Gasteiger partial charge in [0.1, 0.15) is 23.0 Å². The molecule has 0 aliphatic carbocycles. The van der Waals surface area contributed by atoms with Crippen molar-refractivity contribution in [3.8, 4) is 23.0 Å². The monoisotopic (exact) mass is 244 g/mol. The highest BCUT2D eigenvalue weighted by Crippen LogP contribution is 2.33. The quantitative estimate of drug-likeness (QED) is 0.857. The van der Waals surface area contributed by atoms with E-state index in [1.807, 2.05) is 13.8 Å². The Balaban J connectivity index is 2.31. The molecule has 3 heteroatoms. The summed E-state index contributed by atoms with van der Waals surface area (Å²) in [7, 11) is 0. The van der Waals surface area contributed by atoms with Crippen LogP contribution in [0.2, 0.25) is 0 Å². The van der Waals surface area contributed by atoms with Crippen molar-refractivity contribution in [2.24, 2.45) is 0 Å². The van der Waals surface area contributed by atoms with Gasteiger partial charge in [-0.2, -0.15) is 0 Å². The van der Waals surface area contributed by atoms with Gasteiger partial charge in [-0.15, -0.1) is 0 Å². The second-order valence-corrected chi connectivity index (χ2v) is 4.47. The first-order valence-corrected chi connectivity index (χ1v) is 5.86. The molecule has 0 aromatic heterocycles. The van der Waals surface area contributed by atoms with Crippen molar-refractivity contribution in [3.63, 3.8) is 0 Å². The molecule has 2 aromatic rings. The molecule has 0 unspecified atom stereocenters. The SMILES string of the molecule is CC(C)c1cc(O)ccc1Oc1ccc(O)cc1. The Morgan fingerprint density at radius 1 is 0.889 bits per heavy atom. The van der Waals surface area contributed by atoms with E-state index >= 15 is 0 Å². The van der Waals surface area contributed by atoms with Crippen LogP contribution in [0.5, 0.6) is 23.0 Å².